The standard InChI is InChI=1S/C12H13NO2S/c1-10(14)16-9-4-3-6-11-7-5-8-12(13-11)15-2/h5,7-8H,4,9H2,1-2H3. The van der Waals surface area contributed by atoms with Crippen LogP contribution in [-0.4, -0.2) is 23.0 Å². The molecule has 16 heavy (non-hydrogen) atoms. The van der Waals surface area contributed by atoms with E-state index in [2.05, 4.69) is 16.8 Å². The van der Waals surface area contributed by atoms with E-state index in [4.69, 9.17) is 4.74 Å². The number of carbonyl (C=O) groups is 1. The van der Waals surface area contributed by atoms with Gasteiger partial charge in [0, 0.05) is 25.2 Å². The fourth-order valence-electron chi connectivity index (χ4n) is 0.997. The van der Waals surface area contributed by atoms with E-state index in [0.717, 1.165) is 5.75 Å². The number of methoxy groups -OCH3 is 1. The topological polar surface area (TPSA) is 39.2 Å². The molecule has 84 valence electrons. The number of hydrogen-bond donors (Lipinski definition) is 0. The van der Waals surface area contributed by atoms with Crippen LogP contribution in [0.25, 0.3) is 0 Å². The molecule has 1 aromatic rings. The fraction of sp³-hybridized carbons (Fsp3) is 0.333. The molecule has 0 bridgehead atoms. The average molecular weight is 235 g/mol. The average Bonchev–Trinajstić information content (AvgIpc) is 2.28. The summed E-state index contributed by atoms with van der Waals surface area (Å²) in [5, 5.41) is 0.126. The van der Waals surface area contributed by atoms with Crippen molar-refractivity contribution in [3.63, 3.8) is 0 Å². The summed E-state index contributed by atoms with van der Waals surface area (Å²) in [5.41, 5.74) is 0.687. The number of ether oxygens (including phenoxy) is 1. The van der Waals surface area contributed by atoms with Crippen LogP contribution >= 0.6 is 11.8 Å². The van der Waals surface area contributed by atoms with Crippen LogP contribution in [0.15, 0.2) is 18.2 Å². The third-order valence-electron chi connectivity index (χ3n) is 1.68. The molecule has 0 fully saturated rings. The Balaban J connectivity index is 2.46. The zero-order chi connectivity index (χ0) is 11.8. The number of rotatable bonds is 3. The van der Waals surface area contributed by atoms with Gasteiger partial charge in [-0.15, -0.1) is 0 Å². The van der Waals surface area contributed by atoms with Crippen LogP contribution in [0.1, 0.15) is 19.0 Å². The van der Waals surface area contributed by atoms with Crippen molar-refractivity contribution < 1.29 is 9.53 Å². The van der Waals surface area contributed by atoms with Crippen molar-refractivity contribution in [3.05, 3.63) is 23.9 Å². The van der Waals surface area contributed by atoms with Gasteiger partial charge in [-0.2, -0.15) is 0 Å². The summed E-state index contributed by atoms with van der Waals surface area (Å²) in [6.45, 7) is 1.56. The van der Waals surface area contributed by atoms with Crippen molar-refractivity contribution in [2.45, 2.75) is 13.3 Å². The van der Waals surface area contributed by atoms with Crippen LogP contribution in [-0.2, 0) is 4.79 Å². The second kappa shape index (κ2) is 6.91. The second-order valence-corrected chi connectivity index (χ2v) is 4.23. The van der Waals surface area contributed by atoms with Crippen molar-refractivity contribution in [1.82, 2.24) is 4.98 Å². The summed E-state index contributed by atoms with van der Waals surface area (Å²) in [7, 11) is 1.57. The van der Waals surface area contributed by atoms with E-state index in [-0.39, 0.29) is 5.12 Å². The maximum atomic E-state index is 10.6. The number of hydrogen-bond acceptors (Lipinski definition) is 4. The van der Waals surface area contributed by atoms with E-state index >= 15 is 0 Å². The Labute approximate surface area is 99.6 Å². The molecule has 0 aromatic carbocycles. The van der Waals surface area contributed by atoms with Gasteiger partial charge in [-0.25, -0.2) is 4.98 Å². The maximum absolute atomic E-state index is 10.6. The van der Waals surface area contributed by atoms with Crippen LogP contribution in [0, 0.1) is 11.8 Å². The Hall–Kier alpha value is -1.47. The summed E-state index contributed by atoms with van der Waals surface area (Å²) in [6.07, 6.45) is 0.684. The first-order valence-corrected chi connectivity index (χ1v) is 5.84. The predicted molar refractivity (Wildman–Crippen MR) is 65.4 cm³/mol. The van der Waals surface area contributed by atoms with E-state index in [9.17, 15) is 4.79 Å². The zero-order valence-electron chi connectivity index (χ0n) is 9.32. The second-order valence-electron chi connectivity index (χ2n) is 2.96. The van der Waals surface area contributed by atoms with E-state index in [1.54, 1.807) is 20.1 Å². The van der Waals surface area contributed by atoms with E-state index in [0.29, 0.717) is 18.0 Å². The first-order valence-electron chi connectivity index (χ1n) is 4.85. The number of aromatic nitrogens is 1. The van der Waals surface area contributed by atoms with Crippen LogP contribution in [0.3, 0.4) is 0 Å². The Morgan fingerprint density at radius 1 is 1.56 bits per heavy atom. The molecular weight excluding hydrogens is 222 g/mol. The smallest absolute Gasteiger partial charge is 0.214 e. The lowest BCUT2D eigenvalue weighted by Crippen LogP contribution is -1.89. The fourth-order valence-corrected chi connectivity index (χ4v) is 1.49. The summed E-state index contributed by atoms with van der Waals surface area (Å²) >= 11 is 1.29. The van der Waals surface area contributed by atoms with Crippen molar-refractivity contribution >= 4 is 16.9 Å². The van der Waals surface area contributed by atoms with Gasteiger partial charge in [0.25, 0.3) is 0 Å². The van der Waals surface area contributed by atoms with Crippen LogP contribution in [0.2, 0.25) is 0 Å². The Morgan fingerprint density at radius 2 is 2.38 bits per heavy atom. The quantitative estimate of drug-likeness (QED) is 0.594. The molecule has 0 N–H and O–H groups in total. The molecule has 1 aromatic heterocycles. The van der Waals surface area contributed by atoms with E-state index < -0.39 is 0 Å². The summed E-state index contributed by atoms with van der Waals surface area (Å²) in [5.74, 6) is 7.18. The summed E-state index contributed by atoms with van der Waals surface area (Å²) in [4.78, 5) is 14.8. The van der Waals surface area contributed by atoms with Crippen molar-refractivity contribution in [3.8, 4) is 17.7 Å². The minimum atomic E-state index is 0.126. The zero-order valence-corrected chi connectivity index (χ0v) is 10.1. The first kappa shape index (κ1) is 12.6. The van der Waals surface area contributed by atoms with Crippen LogP contribution < -0.4 is 4.74 Å². The van der Waals surface area contributed by atoms with Gasteiger partial charge in [-0.05, 0) is 12.0 Å². The molecule has 0 spiro atoms. The van der Waals surface area contributed by atoms with E-state index in [1.807, 2.05) is 12.1 Å². The lowest BCUT2D eigenvalue weighted by molar-refractivity contribution is -0.109. The van der Waals surface area contributed by atoms with Crippen molar-refractivity contribution in [2.24, 2.45) is 0 Å². The predicted octanol–water partition coefficient (Wildman–Crippen LogP) is 2.11. The molecule has 0 amide bonds. The molecular formula is C12H13NO2S. The number of carbonyl (C=O) groups excluding carboxylic acids is 1. The van der Waals surface area contributed by atoms with Crippen molar-refractivity contribution in [1.29, 1.82) is 0 Å². The first-order chi connectivity index (χ1) is 7.72. The maximum Gasteiger partial charge on any atom is 0.214 e. The number of nitrogens with zero attached hydrogens (tertiary/aromatic N) is 1. The molecule has 1 heterocycles. The van der Waals surface area contributed by atoms with Gasteiger partial charge in [0.05, 0.1) is 7.11 Å². The molecule has 0 aliphatic carbocycles. The Kier molecular flexibility index (Phi) is 5.44. The van der Waals surface area contributed by atoms with E-state index in [1.165, 1.54) is 11.8 Å². The summed E-state index contributed by atoms with van der Waals surface area (Å²) < 4.78 is 4.99. The van der Waals surface area contributed by atoms with Gasteiger partial charge in [0.1, 0.15) is 5.69 Å². The van der Waals surface area contributed by atoms with Crippen molar-refractivity contribution in [2.75, 3.05) is 12.9 Å². The van der Waals surface area contributed by atoms with Gasteiger partial charge in [-0.3, -0.25) is 4.79 Å². The lowest BCUT2D eigenvalue weighted by Gasteiger charge is -1.96. The minimum Gasteiger partial charge on any atom is -0.481 e. The molecule has 0 aliphatic rings. The minimum absolute atomic E-state index is 0.126. The molecule has 0 saturated heterocycles. The largest absolute Gasteiger partial charge is 0.481 e. The third kappa shape index (κ3) is 4.85. The lowest BCUT2D eigenvalue weighted by atomic mass is 10.3. The Morgan fingerprint density at radius 3 is 3.06 bits per heavy atom. The molecule has 0 atom stereocenters. The molecule has 3 nitrogen and oxygen atoms in total. The van der Waals surface area contributed by atoms with Crippen LogP contribution in [0.4, 0.5) is 0 Å². The molecule has 4 heteroatoms. The van der Waals surface area contributed by atoms with Gasteiger partial charge in [0.15, 0.2) is 5.12 Å². The SMILES string of the molecule is COc1cccc(C#CCCSC(C)=O)n1. The number of thioether (sulfide) groups is 1. The van der Waals surface area contributed by atoms with Gasteiger partial charge < -0.3 is 4.74 Å². The molecule has 0 aliphatic heterocycles. The van der Waals surface area contributed by atoms with Crippen LogP contribution in [0.5, 0.6) is 5.88 Å². The van der Waals surface area contributed by atoms with Gasteiger partial charge >= 0.3 is 0 Å². The molecule has 1 rings (SSSR count). The van der Waals surface area contributed by atoms with Gasteiger partial charge in [-0.1, -0.05) is 23.7 Å². The monoisotopic (exact) mass is 235 g/mol. The molecule has 0 radical (unpaired) electrons. The highest BCUT2D eigenvalue weighted by Crippen LogP contribution is 2.06. The highest BCUT2D eigenvalue weighted by Gasteiger charge is 1.93. The molecule has 0 saturated carbocycles. The molecule has 0 unspecified atom stereocenters. The highest BCUT2D eigenvalue weighted by atomic mass is 32.2. The highest BCUT2D eigenvalue weighted by molar-refractivity contribution is 8.13. The number of pyridine rings is 1. The Bertz CT molecular complexity index is 421. The van der Waals surface area contributed by atoms with Gasteiger partial charge in [0.2, 0.25) is 5.88 Å². The third-order valence-corrected chi connectivity index (χ3v) is 2.50. The normalized spacial score (nSPS) is 9.12. The summed E-state index contributed by atoms with van der Waals surface area (Å²) in [6, 6.07) is 5.45.